The summed E-state index contributed by atoms with van der Waals surface area (Å²) in [4.78, 5) is 22.9. The van der Waals surface area contributed by atoms with Crippen LogP contribution in [0.2, 0.25) is 5.02 Å². The third-order valence-corrected chi connectivity index (χ3v) is 8.06. The minimum Gasteiger partial charge on any atom is -0.478 e. The molecule has 2 aliphatic heterocycles. The molecule has 8 nitrogen and oxygen atoms in total. The Kier molecular flexibility index (Phi) is 7.78. The second-order valence-electron chi connectivity index (χ2n) is 10.8. The van der Waals surface area contributed by atoms with Gasteiger partial charge in [0.1, 0.15) is 23.8 Å². The molecule has 0 amide bonds. The number of aromatic carboxylic acids is 1. The van der Waals surface area contributed by atoms with Gasteiger partial charge in [-0.05, 0) is 61.2 Å². The van der Waals surface area contributed by atoms with Crippen LogP contribution in [-0.4, -0.2) is 49.8 Å². The number of carboxylic acid groups (broad SMARTS) is 1. The van der Waals surface area contributed by atoms with Crippen LogP contribution in [0.1, 0.15) is 50.6 Å². The molecule has 1 fully saturated rings. The molecule has 4 aromatic rings. The van der Waals surface area contributed by atoms with Crippen molar-refractivity contribution in [3.63, 3.8) is 0 Å². The molecule has 2 aliphatic rings. The van der Waals surface area contributed by atoms with Crippen molar-refractivity contribution in [2.45, 2.75) is 58.3 Å². The summed E-state index contributed by atoms with van der Waals surface area (Å²) in [5.74, 6) is -1.64. The molecule has 2 aromatic carbocycles. The summed E-state index contributed by atoms with van der Waals surface area (Å²) in [7, 11) is 0. The summed E-state index contributed by atoms with van der Waals surface area (Å²) in [5, 5.41) is 9.77. The first-order valence-corrected chi connectivity index (χ1v) is 14.1. The van der Waals surface area contributed by atoms with Gasteiger partial charge in [-0.3, -0.25) is 4.90 Å². The average molecular weight is 619 g/mol. The predicted octanol–water partition coefficient (Wildman–Crippen LogP) is 6.18. The zero-order chi connectivity index (χ0) is 30.5. The van der Waals surface area contributed by atoms with Crippen molar-refractivity contribution in [2.24, 2.45) is 0 Å². The number of ether oxygens (including phenoxy) is 2. The summed E-state index contributed by atoms with van der Waals surface area (Å²) in [5.41, 5.74) is 2.21. The number of hydrogen-bond acceptors (Lipinski definition) is 6. The summed E-state index contributed by atoms with van der Waals surface area (Å²) in [6.45, 7) is 3.59. The molecule has 0 radical (unpaired) electrons. The highest BCUT2D eigenvalue weighted by molar-refractivity contribution is 6.30. The van der Waals surface area contributed by atoms with E-state index in [0.29, 0.717) is 60.8 Å². The highest BCUT2D eigenvalue weighted by atomic mass is 35.5. The summed E-state index contributed by atoms with van der Waals surface area (Å²) < 4.78 is 69.2. The van der Waals surface area contributed by atoms with Gasteiger partial charge in [0.25, 0.3) is 0 Å². The number of halogens is 5. The summed E-state index contributed by atoms with van der Waals surface area (Å²) in [6.07, 6.45) is -3.53. The maximum atomic E-state index is 14.3. The van der Waals surface area contributed by atoms with Crippen LogP contribution in [0.5, 0.6) is 5.88 Å². The molecule has 226 valence electrons. The van der Waals surface area contributed by atoms with Crippen LogP contribution in [0.4, 0.5) is 17.6 Å². The number of imidazole rings is 1. The maximum Gasteiger partial charge on any atom is 0.421 e. The summed E-state index contributed by atoms with van der Waals surface area (Å²) >= 11 is 5.78. The lowest BCUT2D eigenvalue weighted by molar-refractivity contribution is -0.139. The molecule has 0 aliphatic carbocycles. The molecule has 0 saturated carbocycles. The fraction of sp³-hybridized carbons (Fsp3) is 0.367. The van der Waals surface area contributed by atoms with Gasteiger partial charge in [0.05, 0.1) is 41.5 Å². The van der Waals surface area contributed by atoms with E-state index in [1.54, 1.807) is 12.1 Å². The van der Waals surface area contributed by atoms with Crippen LogP contribution in [0.15, 0.2) is 36.4 Å². The molecule has 1 saturated heterocycles. The van der Waals surface area contributed by atoms with Crippen molar-refractivity contribution >= 4 is 28.6 Å². The van der Waals surface area contributed by atoms with E-state index in [0.717, 1.165) is 24.1 Å². The number of hydrogen-bond donors (Lipinski definition) is 1. The van der Waals surface area contributed by atoms with E-state index in [2.05, 4.69) is 4.98 Å². The van der Waals surface area contributed by atoms with E-state index in [9.17, 15) is 27.5 Å². The molecular formula is C30H27ClF4N4O4. The van der Waals surface area contributed by atoms with Gasteiger partial charge in [0, 0.05) is 30.3 Å². The zero-order valence-electron chi connectivity index (χ0n) is 23.0. The van der Waals surface area contributed by atoms with Crippen molar-refractivity contribution in [1.29, 1.82) is 0 Å². The molecule has 13 heteroatoms. The van der Waals surface area contributed by atoms with Crippen LogP contribution < -0.4 is 4.74 Å². The first kappa shape index (κ1) is 29.3. The van der Waals surface area contributed by atoms with Gasteiger partial charge in [-0.15, -0.1) is 0 Å². The summed E-state index contributed by atoms with van der Waals surface area (Å²) in [6, 6.07) is 8.11. The average Bonchev–Trinajstić information content (AvgIpc) is 3.26. The Bertz CT molecular complexity index is 1720. The second-order valence-corrected chi connectivity index (χ2v) is 11.3. The van der Waals surface area contributed by atoms with E-state index in [4.69, 9.17) is 26.1 Å². The second kappa shape index (κ2) is 11.4. The van der Waals surface area contributed by atoms with Gasteiger partial charge >= 0.3 is 12.1 Å². The number of nitrogens with zero attached hydrogens (tertiary/aromatic N) is 4. The molecule has 1 atom stereocenters. The van der Waals surface area contributed by atoms with Crippen LogP contribution in [0.25, 0.3) is 11.0 Å². The van der Waals surface area contributed by atoms with Gasteiger partial charge in [0.15, 0.2) is 0 Å². The Labute approximate surface area is 248 Å². The number of benzene rings is 2. The Morgan fingerprint density at radius 1 is 1.21 bits per heavy atom. The fourth-order valence-electron chi connectivity index (χ4n) is 5.45. The van der Waals surface area contributed by atoms with E-state index in [1.807, 2.05) is 16.4 Å². The van der Waals surface area contributed by atoms with E-state index in [-0.39, 0.29) is 28.8 Å². The molecule has 0 spiro atoms. The zero-order valence-corrected chi connectivity index (χ0v) is 23.8. The van der Waals surface area contributed by atoms with Gasteiger partial charge in [-0.25, -0.2) is 19.2 Å². The van der Waals surface area contributed by atoms with Gasteiger partial charge in [-0.1, -0.05) is 17.7 Å². The first-order chi connectivity index (χ1) is 20.5. The molecule has 0 bridgehead atoms. The monoisotopic (exact) mass is 618 g/mol. The Morgan fingerprint density at radius 2 is 2.00 bits per heavy atom. The fourth-order valence-corrected chi connectivity index (χ4v) is 5.61. The lowest BCUT2D eigenvalue weighted by Crippen LogP contribution is -2.34. The minimum atomic E-state index is -4.71. The number of pyridine rings is 1. The molecule has 0 unspecified atom stereocenters. The van der Waals surface area contributed by atoms with Crippen molar-refractivity contribution in [2.75, 3.05) is 13.2 Å². The number of aryl methyl sites for hydroxylation is 1. The van der Waals surface area contributed by atoms with Crippen molar-refractivity contribution in [1.82, 2.24) is 19.4 Å². The maximum absolute atomic E-state index is 14.3. The number of fused-ring (bicyclic) bond motifs is 2. The van der Waals surface area contributed by atoms with Crippen molar-refractivity contribution < 1.29 is 36.9 Å². The molecule has 4 heterocycles. The quantitative estimate of drug-likeness (QED) is 0.236. The van der Waals surface area contributed by atoms with Crippen LogP contribution in [0.3, 0.4) is 0 Å². The highest BCUT2D eigenvalue weighted by Gasteiger charge is 2.37. The molecule has 1 N–H and O–H groups in total. The normalized spacial score (nSPS) is 17.1. The topological polar surface area (TPSA) is 89.7 Å². The van der Waals surface area contributed by atoms with Gasteiger partial charge in [0.2, 0.25) is 5.88 Å². The van der Waals surface area contributed by atoms with Crippen LogP contribution >= 0.6 is 11.6 Å². The van der Waals surface area contributed by atoms with Crippen LogP contribution in [0, 0.1) is 12.7 Å². The number of rotatable bonds is 8. The molecule has 43 heavy (non-hydrogen) atoms. The molecule has 6 rings (SSSR count). The minimum absolute atomic E-state index is 0.0142. The smallest absolute Gasteiger partial charge is 0.421 e. The van der Waals surface area contributed by atoms with Crippen molar-refractivity contribution in [3.05, 3.63) is 86.6 Å². The SMILES string of the molecule is Cc1cc(C(=O)O)cc2c1nc(CN1CCc3cc(C(F)(F)F)c(OCc4ccc(Cl)cc4F)nc3C1)n2C[C@@H]1CCO1. The van der Waals surface area contributed by atoms with Crippen molar-refractivity contribution in [3.8, 4) is 5.88 Å². The highest BCUT2D eigenvalue weighted by Crippen LogP contribution is 2.38. The largest absolute Gasteiger partial charge is 0.478 e. The van der Waals surface area contributed by atoms with E-state index < -0.39 is 36.0 Å². The third-order valence-electron chi connectivity index (χ3n) is 7.83. The van der Waals surface area contributed by atoms with E-state index >= 15 is 0 Å². The molecular weight excluding hydrogens is 592 g/mol. The standard InChI is InChI=1S/C30H27ClF4N4O4/c1-16-8-19(29(40)41)10-25-27(16)37-26(39(25)12-21-5-7-42-21)14-38-6-4-17-9-22(30(33,34)35)28(36-24(17)13-38)43-15-18-2-3-20(31)11-23(18)32/h2-3,8-11,21H,4-7,12-15H2,1H3,(H,40,41)/t21-/m0/s1. The first-order valence-electron chi connectivity index (χ1n) is 13.7. The van der Waals surface area contributed by atoms with Gasteiger partial charge in [-0.2, -0.15) is 13.2 Å². The number of carboxylic acids is 1. The lowest BCUT2D eigenvalue weighted by Gasteiger charge is -2.30. The number of carbonyl (C=O) groups is 1. The van der Waals surface area contributed by atoms with Gasteiger partial charge < -0.3 is 19.1 Å². The number of alkyl halides is 3. The van der Waals surface area contributed by atoms with E-state index in [1.165, 1.54) is 12.1 Å². The lowest BCUT2D eigenvalue weighted by atomic mass is 10.0. The Morgan fingerprint density at radius 3 is 2.67 bits per heavy atom. The molecule has 2 aromatic heterocycles. The predicted molar refractivity (Wildman–Crippen MR) is 149 cm³/mol. The Balaban J connectivity index is 1.29. The third kappa shape index (κ3) is 6.04. The Hall–Kier alpha value is -3.74. The number of aromatic nitrogens is 3. The van der Waals surface area contributed by atoms with Crippen LogP contribution in [-0.2, 0) is 43.6 Å².